The zero-order valence-corrected chi connectivity index (χ0v) is 8.49. The van der Waals surface area contributed by atoms with Crippen LogP contribution in [0.1, 0.15) is 24.2 Å². The van der Waals surface area contributed by atoms with Crippen LogP contribution in [0.3, 0.4) is 0 Å². The summed E-state index contributed by atoms with van der Waals surface area (Å²) in [6, 6.07) is 8.99. The standard InChI is InChI=1S/C12H14O2/c1-3-10(2)9-14-12(13)11-7-5-4-6-8-11/h3-8H,9H2,1-2H3/b10-3-. The highest BCUT2D eigenvalue weighted by molar-refractivity contribution is 5.89. The molecule has 0 N–H and O–H groups in total. The molecule has 0 saturated carbocycles. The van der Waals surface area contributed by atoms with Gasteiger partial charge in [-0.05, 0) is 31.6 Å². The van der Waals surface area contributed by atoms with E-state index in [2.05, 4.69) is 0 Å². The first-order valence-corrected chi connectivity index (χ1v) is 4.58. The van der Waals surface area contributed by atoms with Crippen LogP contribution in [0.25, 0.3) is 0 Å². The van der Waals surface area contributed by atoms with Crippen LogP contribution in [0.5, 0.6) is 0 Å². The molecule has 2 heteroatoms. The number of carbonyl (C=O) groups excluding carboxylic acids is 1. The van der Waals surface area contributed by atoms with Gasteiger partial charge in [0.25, 0.3) is 0 Å². The zero-order valence-electron chi connectivity index (χ0n) is 8.49. The highest BCUT2D eigenvalue weighted by Crippen LogP contribution is 2.02. The number of allylic oxidation sites excluding steroid dienone is 1. The highest BCUT2D eigenvalue weighted by Gasteiger charge is 2.04. The molecule has 0 fully saturated rings. The van der Waals surface area contributed by atoms with Crippen molar-refractivity contribution in [2.75, 3.05) is 6.61 Å². The van der Waals surface area contributed by atoms with Crippen LogP contribution in [0.2, 0.25) is 0 Å². The molecule has 74 valence electrons. The van der Waals surface area contributed by atoms with Crippen molar-refractivity contribution in [3.05, 3.63) is 47.5 Å². The van der Waals surface area contributed by atoms with E-state index >= 15 is 0 Å². The number of rotatable bonds is 3. The molecule has 0 aliphatic carbocycles. The Hall–Kier alpha value is -1.57. The third kappa shape index (κ3) is 3.05. The van der Waals surface area contributed by atoms with E-state index in [4.69, 9.17) is 4.74 Å². The lowest BCUT2D eigenvalue weighted by Gasteiger charge is -2.03. The van der Waals surface area contributed by atoms with E-state index in [1.807, 2.05) is 38.1 Å². The van der Waals surface area contributed by atoms with Gasteiger partial charge in [-0.2, -0.15) is 0 Å². The average molecular weight is 190 g/mol. The monoisotopic (exact) mass is 190 g/mol. The smallest absolute Gasteiger partial charge is 0.338 e. The van der Waals surface area contributed by atoms with Crippen molar-refractivity contribution in [2.45, 2.75) is 13.8 Å². The van der Waals surface area contributed by atoms with Gasteiger partial charge in [-0.25, -0.2) is 4.79 Å². The fraction of sp³-hybridized carbons (Fsp3) is 0.250. The maximum Gasteiger partial charge on any atom is 0.338 e. The van der Waals surface area contributed by atoms with Crippen molar-refractivity contribution in [3.63, 3.8) is 0 Å². The first-order chi connectivity index (χ1) is 6.74. The third-order valence-corrected chi connectivity index (χ3v) is 1.93. The van der Waals surface area contributed by atoms with E-state index in [9.17, 15) is 4.79 Å². The van der Waals surface area contributed by atoms with Crippen LogP contribution in [0, 0.1) is 0 Å². The molecular weight excluding hydrogens is 176 g/mol. The zero-order chi connectivity index (χ0) is 10.4. The van der Waals surface area contributed by atoms with E-state index in [0.717, 1.165) is 5.57 Å². The largest absolute Gasteiger partial charge is 0.458 e. The summed E-state index contributed by atoms with van der Waals surface area (Å²) in [5, 5.41) is 0. The summed E-state index contributed by atoms with van der Waals surface area (Å²) >= 11 is 0. The molecule has 0 spiro atoms. The van der Waals surface area contributed by atoms with Crippen molar-refractivity contribution in [1.29, 1.82) is 0 Å². The fourth-order valence-corrected chi connectivity index (χ4v) is 0.920. The molecule has 1 aromatic rings. The summed E-state index contributed by atoms with van der Waals surface area (Å²) < 4.78 is 5.07. The van der Waals surface area contributed by atoms with Crippen molar-refractivity contribution >= 4 is 5.97 Å². The summed E-state index contributed by atoms with van der Waals surface area (Å²) in [5.41, 5.74) is 1.64. The Morgan fingerprint density at radius 2 is 2.00 bits per heavy atom. The minimum Gasteiger partial charge on any atom is -0.458 e. The summed E-state index contributed by atoms with van der Waals surface area (Å²) in [7, 11) is 0. The van der Waals surface area contributed by atoms with Crippen LogP contribution in [0.4, 0.5) is 0 Å². The summed E-state index contributed by atoms with van der Waals surface area (Å²) in [4.78, 5) is 11.4. The van der Waals surface area contributed by atoms with Gasteiger partial charge in [0.1, 0.15) is 6.61 Å². The van der Waals surface area contributed by atoms with Crippen molar-refractivity contribution < 1.29 is 9.53 Å². The van der Waals surface area contributed by atoms with Gasteiger partial charge in [0.2, 0.25) is 0 Å². The molecule has 0 heterocycles. The molecule has 0 atom stereocenters. The Labute approximate surface area is 84.2 Å². The van der Waals surface area contributed by atoms with Crippen LogP contribution in [-0.2, 0) is 4.74 Å². The summed E-state index contributed by atoms with van der Waals surface area (Å²) in [6.07, 6.45) is 1.93. The van der Waals surface area contributed by atoms with E-state index in [-0.39, 0.29) is 5.97 Å². The first-order valence-electron chi connectivity index (χ1n) is 4.58. The SMILES string of the molecule is C/C=C(/C)COC(=O)c1ccccc1. The average Bonchev–Trinajstić information content (AvgIpc) is 2.26. The number of carbonyl (C=O) groups is 1. The van der Waals surface area contributed by atoms with Crippen molar-refractivity contribution in [1.82, 2.24) is 0 Å². The normalized spacial score (nSPS) is 11.1. The minimum absolute atomic E-state index is 0.271. The van der Waals surface area contributed by atoms with Crippen molar-refractivity contribution in [2.24, 2.45) is 0 Å². The fourth-order valence-electron chi connectivity index (χ4n) is 0.920. The Morgan fingerprint density at radius 1 is 1.36 bits per heavy atom. The molecule has 0 radical (unpaired) electrons. The number of ether oxygens (including phenoxy) is 1. The van der Waals surface area contributed by atoms with Gasteiger partial charge < -0.3 is 4.74 Å². The molecule has 14 heavy (non-hydrogen) atoms. The molecule has 0 aromatic heterocycles. The molecule has 0 amide bonds. The first kappa shape index (κ1) is 10.5. The minimum atomic E-state index is -0.271. The van der Waals surface area contributed by atoms with Crippen LogP contribution in [-0.4, -0.2) is 12.6 Å². The lowest BCUT2D eigenvalue weighted by atomic mass is 10.2. The maximum absolute atomic E-state index is 11.4. The molecule has 0 saturated heterocycles. The number of esters is 1. The molecule has 0 aliphatic rings. The van der Waals surface area contributed by atoms with Crippen molar-refractivity contribution in [3.8, 4) is 0 Å². The second-order valence-corrected chi connectivity index (χ2v) is 3.08. The molecule has 0 unspecified atom stereocenters. The Balaban J connectivity index is 2.52. The van der Waals surface area contributed by atoms with Gasteiger partial charge in [-0.1, -0.05) is 24.3 Å². The van der Waals surface area contributed by atoms with Gasteiger partial charge in [0, 0.05) is 0 Å². The molecular formula is C12H14O2. The van der Waals surface area contributed by atoms with E-state index in [1.165, 1.54) is 0 Å². The highest BCUT2D eigenvalue weighted by atomic mass is 16.5. The number of hydrogen-bond donors (Lipinski definition) is 0. The van der Waals surface area contributed by atoms with E-state index in [1.54, 1.807) is 12.1 Å². The Bertz CT molecular complexity index is 325. The number of hydrogen-bond acceptors (Lipinski definition) is 2. The number of benzene rings is 1. The predicted molar refractivity (Wildman–Crippen MR) is 56.2 cm³/mol. The Kier molecular flexibility index (Phi) is 3.92. The topological polar surface area (TPSA) is 26.3 Å². The summed E-state index contributed by atoms with van der Waals surface area (Å²) in [6.45, 7) is 4.22. The third-order valence-electron chi connectivity index (χ3n) is 1.93. The van der Waals surface area contributed by atoms with E-state index < -0.39 is 0 Å². The summed E-state index contributed by atoms with van der Waals surface area (Å²) in [5.74, 6) is -0.271. The van der Waals surface area contributed by atoms with Gasteiger partial charge in [-0.3, -0.25) is 0 Å². The van der Waals surface area contributed by atoms with Crippen LogP contribution in [0.15, 0.2) is 42.0 Å². The van der Waals surface area contributed by atoms with Gasteiger partial charge in [-0.15, -0.1) is 0 Å². The lowest BCUT2D eigenvalue weighted by molar-refractivity contribution is 0.0540. The van der Waals surface area contributed by atoms with Gasteiger partial charge >= 0.3 is 5.97 Å². The quantitative estimate of drug-likeness (QED) is 0.541. The second kappa shape index (κ2) is 5.22. The maximum atomic E-state index is 11.4. The molecule has 1 rings (SSSR count). The van der Waals surface area contributed by atoms with Crippen LogP contribution < -0.4 is 0 Å². The van der Waals surface area contributed by atoms with Gasteiger partial charge in [0.15, 0.2) is 0 Å². The lowest BCUT2D eigenvalue weighted by Crippen LogP contribution is -2.06. The molecule has 0 bridgehead atoms. The Morgan fingerprint density at radius 3 is 2.57 bits per heavy atom. The molecule has 0 aliphatic heterocycles. The van der Waals surface area contributed by atoms with Crippen LogP contribution >= 0.6 is 0 Å². The molecule has 1 aromatic carbocycles. The predicted octanol–water partition coefficient (Wildman–Crippen LogP) is 2.81. The van der Waals surface area contributed by atoms with E-state index in [0.29, 0.717) is 12.2 Å². The second-order valence-electron chi connectivity index (χ2n) is 3.08. The molecule has 2 nitrogen and oxygen atoms in total. The van der Waals surface area contributed by atoms with Gasteiger partial charge in [0.05, 0.1) is 5.56 Å².